The number of carboxylic acids is 1. The molecule has 0 bridgehead atoms. The number of nitrogens with one attached hydrogen (secondary N) is 2. The van der Waals surface area contributed by atoms with E-state index in [-0.39, 0.29) is 17.7 Å². The number of hydrogen-bond acceptors (Lipinski definition) is 4. The van der Waals surface area contributed by atoms with Crippen LogP contribution in [0.4, 0.5) is 0 Å². The van der Waals surface area contributed by atoms with Crippen LogP contribution in [-0.2, 0) is 20.8 Å². The zero-order valence-corrected chi connectivity index (χ0v) is 11.4. The maximum absolute atomic E-state index is 11.9. The molecule has 1 aromatic carbocycles. The van der Waals surface area contributed by atoms with Gasteiger partial charge in [0.15, 0.2) is 0 Å². The van der Waals surface area contributed by atoms with Gasteiger partial charge in [-0.25, -0.2) is 0 Å². The molecule has 0 aliphatic carbocycles. The lowest BCUT2D eigenvalue weighted by Crippen LogP contribution is -2.41. The predicted molar refractivity (Wildman–Crippen MR) is 73.4 cm³/mol. The minimum absolute atomic E-state index is 0.209. The van der Waals surface area contributed by atoms with Gasteiger partial charge in [0.25, 0.3) is 0 Å². The highest BCUT2D eigenvalue weighted by atomic mass is 32.2. The molecule has 1 aromatic rings. The summed E-state index contributed by atoms with van der Waals surface area (Å²) in [4.78, 5) is 34.6. The highest BCUT2D eigenvalue weighted by Gasteiger charge is 2.27. The van der Waals surface area contributed by atoms with Gasteiger partial charge in [-0.2, -0.15) is 0 Å². The third-order valence-electron chi connectivity index (χ3n) is 2.80. The van der Waals surface area contributed by atoms with Gasteiger partial charge in [-0.15, -0.1) is 11.8 Å². The van der Waals surface area contributed by atoms with Crippen molar-refractivity contribution >= 4 is 29.5 Å². The average Bonchev–Trinajstić information content (AvgIpc) is 2.86. The van der Waals surface area contributed by atoms with Crippen molar-refractivity contribution < 1.29 is 19.5 Å². The number of carbonyl (C=O) groups is 3. The molecule has 1 aliphatic heterocycles. The molecule has 3 N–H and O–H groups in total. The largest absolute Gasteiger partial charge is 0.480 e. The van der Waals surface area contributed by atoms with Crippen LogP contribution in [0.15, 0.2) is 29.2 Å². The second-order valence-electron chi connectivity index (χ2n) is 4.31. The molecule has 1 aliphatic rings. The van der Waals surface area contributed by atoms with Crippen molar-refractivity contribution in [2.24, 2.45) is 0 Å². The van der Waals surface area contributed by atoms with E-state index in [4.69, 9.17) is 5.11 Å². The van der Waals surface area contributed by atoms with E-state index in [2.05, 4.69) is 10.6 Å². The summed E-state index contributed by atoms with van der Waals surface area (Å²) in [5, 5.41) is 12.9. The van der Waals surface area contributed by atoms with Gasteiger partial charge >= 0.3 is 5.97 Å². The van der Waals surface area contributed by atoms with Gasteiger partial charge in [0.2, 0.25) is 11.8 Å². The minimum Gasteiger partial charge on any atom is -0.480 e. The number of carboxylic acid groups (broad SMARTS) is 1. The van der Waals surface area contributed by atoms with Crippen LogP contribution in [0.25, 0.3) is 0 Å². The fourth-order valence-corrected chi connectivity index (χ4v) is 3.07. The number of fused-ring (bicyclic) bond motifs is 1. The van der Waals surface area contributed by atoms with Crippen molar-refractivity contribution in [2.45, 2.75) is 16.6 Å². The Balaban J connectivity index is 1.77. The van der Waals surface area contributed by atoms with Crippen LogP contribution in [0.3, 0.4) is 0 Å². The van der Waals surface area contributed by atoms with E-state index in [1.807, 2.05) is 24.3 Å². The predicted octanol–water partition coefficient (Wildman–Crippen LogP) is 0.0204. The van der Waals surface area contributed by atoms with E-state index >= 15 is 0 Å². The molecule has 1 heterocycles. The number of hydrogen-bond donors (Lipinski definition) is 3. The minimum atomic E-state index is -1.12. The van der Waals surface area contributed by atoms with Crippen LogP contribution in [-0.4, -0.2) is 41.2 Å². The second-order valence-corrected chi connectivity index (χ2v) is 5.55. The van der Waals surface area contributed by atoms with Crippen LogP contribution in [0, 0.1) is 0 Å². The molecular formula is C13H14N2O4S. The number of carbonyl (C=O) groups excluding carboxylic acids is 2. The van der Waals surface area contributed by atoms with Gasteiger partial charge in [0.05, 0.1) is 11.8 Å². The summed E-state index contributed by atoms with van der Waals surface area (Å²) in [6.07, 6.45) is 0.642. The lowest BCUT2D eigenvalue weighted by molar-refractivity contribution is -0.137. The number of aliphatic carboxylic acids is 1. The molecule has 2 amide bonds. The topological polar surface area (TPSA) is 95.5 Å². The van der Waals surface area contributed by atoms with Crippen molar-refractivity contribution in [3.63, 3.8) is 0 Å². The first-order valence-corrected chi connectivity index (χ1v) is 6.95. The molecule has 0 saturated heterocycles. The number of amides is 2. The molecule has 106 valence electrons. The maximum Gasteiger partial charge on any atom is 0.322 e. The summed E-state index contributed by atoms with van der Waals surface area (Å²) in [5.74, 6) is -1.84. The Morgan fingerprint density at radius 3 is 2.65 bits per heavy atom. The Bertz CT molecular complexity index is 522. The molecule has 0 fully saturated rings. The Labute approximate surface area is 119 Å². The first-order chi connectivity index (χ1) is 9.56. The summed E-state index contributed by atoms with van der Waals surface area (Å²) in [7, 11) is 0. The summed E-state index contributed by atoms with van der Waals surface area (Å²) in [6, 6.07) is 7.80. The Morgan fingerprint density at radius 1 is 1.20 bits per heavy atom. The fourth-order valence-electron chi connectivity index (χ4n) is 1.85. The molecule has 20 heavy (non-hydrogen) atoms. The lowest BCUT2D eigenvalue weighted by Gasteiger charge is -2.09. The maximum atomic E-state index is 11.9. The highest BCUT2D eigenvalue weighted by molar-refractivity contribution is 8.01. The lowest BCUT2D eigenvalue weighted by atomic mass is 10.1. The van der Waals surface area contributed by atoms with Gasteiger partial charge in [-0.05, 0) is 18.1 Å². The van der Waals surface area contributed by atoms with Gasteiger partial charge < -0.3 is 15.7 Å². The van der Waals surface area contributed by atoms with Crippen molar-refractivity contribution in [3.8, 4) is 0 Å². The molecule has 0 aromatic heterocycles. The number of thioether (sulfide) groups is 1. The first kappa shape index (κ1) is 14.4. The molecule has 0 radical (unpaired) electrons. The van der Waals surface area contributed by atoms with E-state index in [0.717, 1.165) is 10.5 Å². The summed E-state index contributed by atoms with van der Waals surface area (Å²) < 4.78 is 0. The molecule has 1 atom stereocenters. The van der Waals surface area contributed by atoms with Crippen LogP contribution in [0.1, 0.15) is 5.56 Å². The van der Waals surface area contributed by atoms with E-state index in [0.29, 0.717) is 6.42 Å². The SMILES string of the molecule is O=C(O)CNC(=O)CNC(=O)C1Cc2ccccc2S1. The third kappa shape index (κ3) is 3.74. The van der Waals surface area contributed by atoms with E-state index < -0.39 is 18.4 Å². The zero-order valence-electron chi connectivity index (χ0n) is 10.6. The Kier molecular flexibility index (Phi) is 4.62. The van der Waals surface area contributed by atoms with Gasteiger partial charge in [-0.3, -0.25) is 14.4 Å². The quantitative estimate of drug-likeness (QED) is 0.711. The summed E-state index contributed by atoms with van der Waals surface area (Å²) in [6.45, 7) is -0.655. The zero-order chi connectivity index (χ0) is 14.5. The fraction of sp³-hybridized carbons (Fsp3) is 0.308. The van der Waals surface area contributed by atoms with Gasteiger partial charge in [0, 0.05) is 4.90 Å². The van der Waals surface area contributed by atoms with E-state index in [1.54, 1.807) is 0 Å². The van der Waals surface area contributed by atoms with Crippen LogP contribution in [0.5, 0.6) is 0 Å². The molecule has 0 spiro atoms. The summed E-state index contributed by atoms with van der Waals surface area (Å²) >= 11 is 1.48. The molecule has 0 saturated carbocycles. The van der Waals surface area contributed by atoms with Crippen LogP contribution >= 0.6 is 11.8 Å². The number of rotatable bonds is 5. The van der Waals surface area contributed by atoms with Gasteiger partial charge in [0.1, 0.15) is 6.54 Å². The second kappa shape index (κ2) is 6.42. The summed E-state index contributed by atoms with van der Waals surface area (Å²) in [5.41, 5.74) is 1.13. The van der Waals surface area contributed by atoms with E-state index in [1.165, 1.54) is 11.8 Å². The standard InChI is InChI=1S/C13H14N2O4S/c16-11(14-7-12(17)18)6-15-13(19)10-5-8-3-1-2-4-9(8)20-10/h1-4,10H,5-7H2,(H,14,16)(H,15,19)(H,17,18). The molecule has 1 unspecified atom stereocenters. The first-order valence-electron chi connectivity index (χ1n) is 6.07. The van der Waals surface area contributed by atoms with Crippen molar-refractivity contribution in [2.75, 3.05) is 13.1 Å². The van der Waals surface area contributed by atoms with Crippen molar-refractivity contribution in [1.82, 2.24) is 10.6 Å². The average molecular weight is 294 g/mol. The Hall–Kier alpha value is -2.02. The molecular weight excluding hydrogens is 280 g/mol. The van der Waals surface area contributed by atoms with E-state index in [9.17, 15) is 14.4 Å². The third-order valence-corrected chi connectivity index (χ3v) is 4.12. The molecule has 6 nitrogen and oxygen atoms in total. The van der Waals surface area contributed by atoms with Crippen LogP contribution in [0.2, 0.25) is 0 Å². The van der Waals surface area contributed by atoms with Gasteiger partial charge in [-0.1, -0.05) is 18.2 Å². The molecule has 7 heteroatoms. The number of benzene rings is 1. The van der Waals surface area contributed by atoms with Crippen molar-refractivity contribution in [3.05, 3.63) is 29.8 Å². The Morgan fingerprint density at radius 2 is 1.95 bits per heavy atom. The highest BCUT2D eigenvalue weighted by Crippen LogP contribution is 2.36. The van der Waals surface area contributed by atoms with Crippen molar-refractivity contribution in [1.29, 1.82) is 0 Å². The monoisotopic (exact) mass is 294 g/mol. The smallest absolute Gasteiger partial charge is 0.322 e. The normalized spacial score (nSPS) is 16.3. The molecule has 2 rings (SSSR count). The van der Waals surface area contributed by atoms with Crippen LogP contribution < -0.4 is 10.6 Å².